The first-order chi connectivity index (χ1) is 6.65. The largest absolute Gasteiger partial charge is 0.312 e. The highest BCUT2D eigenvalue weighted by Gasteiger charge is 2.09. The van der Waals surface area contributed by atoms with E-state index in [4.69, 9.17) is 0 Å². The molecule has 0 amide bonds. The lowest BCUT2D eigenvalue weighted by molar-refractivity contribution is 0.534. The molecule has 1 aromatic rings. The second kappa shape index (κ2) is 5.41. The van der Waals surface area contributed by atoms with Crippen LogP contribution in [0.25, 0.3) is 0 Å². The van der Waals surface area contributed by atoms with E-state index in [-0.39, 0.29) is 12.1 Å². The minimum absolute atomic E-state index is 0.0988. The smallest absolute Gasteiger partial charge is 0.131 e. The van der Waals surface area contributed by atoms with Gasteiger partial charge in [-0.05, 0) is 25.1 Å². The van der Waals surface area contributed by atoms with Gasteiger partial charge in [0.15, 0.2) is 0 Å². The maximum absolute atomic E-state index is 13.2. The van der Waals surface area contributed by atoms with Crippen molar-refractivity contribution < 1.29 is 8.78 Å². The minimum Gasteiger partial charge on any atom is -0.312 e. The SMILES string of the molecule is CCCNCc1c(F)cc(Br)cc1F. The van der Waals surface area contributed by atoms with Gasteiger partial charge in [0.1, 0.15) is 11.6 Å². The van der Waals surface area contributed by atoms with Gasteiger partial charge in [-0.1, -0.05) is 22.9 Å². The first kappa shape index (κ1) is 11.6. The molecule has 1 nitrogen and oxygen atoms in total. The lowest BCUT2D eigenvalue weighted by atomic mass is 10.2. The molecule has 1 N–H and O–H groups in total. The summed E-state index contributed by atoms with van der Waals surface area (Å²) in [5.74, 6) is -1.03. The molecule has 0 aromatic heterocycles. The highest BCUT2D eigenvalue weighted by Crippen LogP contribution is 2.19. The molecule has 0 radical (unpaired) electrons. The van der Waals surface area contributed by atoms with Crippen molar-refractivity contribution in [3.05, 3.63) is 33.8 Å². The summed E-state index contributed by atoms with van der Waals surface area (Å²) in [7, 11) is 0. The molecule has 4 heteroatoms. The molecule has 14 heavy (non-hydrogen) atoms. The molecule has 0 aliphatic carbocycles. The summed E-state index contributed by atoms with van der Waals surface area (Å²) in [6.07, 6.45) is 0.944. The van der Waals surface area contributed by atoms with Gasteiger partial charge in [0.05, 0.1) is 0 Å². The van der Waals surface area contributed by atoms with Gasteiger partial charge in [-0.2, -0.15) is 0 Å². The van der Waals surface area contributed by atoms with Gasteiger partial charge in [-0.3, -0.25) is 0 Å². The van der Waals surface area contributed by atoms with E-state index in [0.29, 0.717) is 4.47 Å². The average molecular weight is 264 g/mol. The Bertz CT molecular complexity index is 292. The van der Waals surface area contributed by atoms with Crippen LogP contribution < -0.4 is 5.32 Å². The maximum atomic E-state index is 13.2. The molecule has 0 aliphatic rings. The summed E-state index contributed by atoms with van der Waals surface area (Å²) >= 11 is 3.03. The summed E-state index contributed by atoms with van der Waals surface area (Å²) in [5, 5.41) is 2.96. The van der Waals surface area contributed by atoms with E-state index in [1.807, 2.05) is 6.92 Å². The summed E-state index contributed by atoms with van der Waals surface area (Å²) in [5.41, 5.74) is 0.0988. The van der Waals surface area contributed by atoms with Gasteiger partial charge in [0.25, 0.3) is 0 Å². The number of rotatable bonds is 4. The van der Waals surface area contributed by atoms with Gasteiger partial charge in [0.2, 0.25) is 0 Å². The second-order valence-electron chi connectivity index (χ2n) is 3.02. The molecule has 0 bridgehead atoms. The third-order valence-electron chi connectivity index (χ3n) is 1.83. The molecule has 0 unspecified atom stereocenters. The van der Waals surface area contributed by atoms with Crippen molar-refractivity contribution in [3.8, 4) is 0 Å². The van der Waals surface area contributed by atoms with Crippen molar-refractivity contribution in [1.29, 1.82) is 0 Å². The molecule has 78 valence electrons. The normalized spacial score (nSPS) is 10.6. The predicted molar refractivity (Wildman–Crippen MR) is 56.1 cm³/mol. The monoisotopic (exact) mass is 263 g/mol. The van der Waals surface area contributed by atoms with Crippen LogP contribution in [-0.4, -0.2) is 6.54 Å². The van der Waals surface area contributed by atoms with Crippen molar-refractivity contribution >= 4 is 15.9 Å². The Morgan fingerprint density at radius 2 is 1.86 bits per heavy atom. The van der Waals surface area contributed by atoms with Crippen LogP contribution in [0.2, 0.25) is 0 Å². The fourth-order valence-corrected chi connectivity index (χ4v) is 1.53. The van der Waals surface area contributed by atoms with Crippen LogP contribution in [0.5, 0.6) is 0 Å². The van der Waals surface area contributed by atoms with E-state index in [9.17, 15) is 8.78 Å². The topological polar surface area (TPSA) is 12.0 Å². The molecular weight excluding hydrogens is 252 g/mol. The number of benzene rings is 1. The lowest BCUT2D eigenvalue weighted by Crippen LogP contribution is -2.16. The number of halogens is 3. The van der Waals surface area contributed by atoms with Crippen LogP contribution in [-0.2, 0) is 6.54 Å². The molecule has 0 saturated heterocycles. The number of hydrogen-bond acceptors (Lipinski definition) is 1. The fourth-order valence-electron chi connectivity index (χ4n) is 1.13. The first-order valence-corrected chi connectivity index (χ1v) is 5.28. The van der Waals surface area contributed by atoms with Crippen LogP contribution in [0.15, 0.2) is 16.6 Å². The highest BCUT2D eigenvalue weighted by molar-refractivity contribution is 9.10. The molecule has 0 saturated carbocycles. The molecule has 1 aromatic carbocycles. The summed E-state index contributed by atoms with van der Waals surface area (Å²) in [4.78, 5) is 0. The van der Waals surface area contributed by atoms with E-state index in [2.05, 4.69) is 21.2 Å². The molecule has 0 aliphatic heterocycles. The third kappa shape index (κ3) is 3.03. The Labute approximate surface area is 90.6 Å². The zero-order valence-electron chi connectivity index (χ0n) is 7.91. The van der Waals surface area contributed by atoms with E-state index in [0.717, 1.165) is 13.0 Å². The Morgan fingerprint density at radius 3 is 2.36 bits per heavy atom. The van der Waals surface area contributed by atoms with Crippen LogP contribution in [0.3, 0.4) is 0 Å². The summed E-state index contributed by atoms with van der Waals surface area (Å²) in [6.45, 7) is 3.00. The van der Waals surface area contributed by atoms with Crippen molar-refractivity contribution in [2.75, 3.05) is 6.54 Å². The van der Waals surface area contributed by atoms with Crippen LogP contribution in [0.1, 0.15) is 18.9 Å². The van der Waals surface area contributed by atoms with Gasteiger partial charge in [-0.15, -0.1) is 0 Å². The number of hydrogen-bond donors (Lipinski definition) is 1. The van der Waals surface area contributed by atoms with Gasteiger partial charge >= 0.3 is 0 Å². The minimum atomic E-state index is -0.513. The average Bonchev–Trinajstić information content (AvgIpc) is 2.09. The first-order valence-electron chi connectivity index (χ1n) is 4.49. The van der Waals surface area contributed by atoms with Crippen LogP contribution in [0.4, 0.5) is 8.78 Å². The Hall–Kier alpha value is -0.480. The van der Waals surface area contributed by atoms with Crippen molar-refractivity contribution in [3.63, 3.8) is 0 Å². The zero-order chi connectivity index (χ0) is 10.6. The predicted octanol–water partition coefficient (Wildman–Crippen LogP) is 3.23. The van der Waals surface area contributed by atoms with E-state index in [1.54, 1.807) is 0 Å². The quantitative estimate of drug-likeness (QED) is 0.823. The highest BCUT2D eigenvalue weighted by atomic mass is 79.9. The van der Waals surface area contributed by atoms with Crippen LogP contribution >= 0.6 is 15.9 Å². The molecule has 0 spiro atoms. The molecular formula is C10H12BrF2N. The lowest BCUT2D eigenvalue weighted by Gasteiger charge is -2.06. The fraction of sp³-hybridized carbons (Fsp3) is 0.400. The second-order valence-corrected chi connectivity index (χ2v) is 3.94. The molecule has 0 heterocycles. The van der Waals surface area contributed by atoms with E-state index < -0.39 is 11.6 Å². The van der Waals surface area contributed by atoms with Crippen molar-refractivity contribution in [2.24, 2.45) is 0 Å². The molecule has 0 fully saturated rings. The summed E-state index contributed by atoms with van der Waals surface area (Å²) < 4.78 is 26.9. The van der Waals surface area contributed by atoms with E-state index in [1.165, 1.54) is 12.1 Å². The van der Waals surface area contributed by atoms with Gasteiger partial charge < -0.3 is 5.32 Å². The van der Waals surface area contributed by atoms with Crippen molar-refractivity contribution in [2.45, 2.75) is 19.9 Å². The molecule has 1 rings (SSSR count). The Morgan fingerprint density at radius 1 is 1.29 bits per heavy atom. The standard InChI is InChI=1S/C10H12BrF2N/c1-2-3-14-6-8-9(12)4-7(11)5-10(8)13/h4-5,14H,2-3,6H2,1H3. The van der Waals surface area contributed by atoms with Gasteiger partial charge in [0, 0.05) is 16.6 Å². The van der Waals surface area contributed by atoms with Crippen LogP contribution in [0, 0.1) is 11.6 Å². The Kier molecular flexibility index (Phi) is 4.48. The van der Waals surface area contributed by atoms with E-state index >= 15 is 0 Å². The number of nitrogens with one attached hydrogen (secondary N) is 1. The Balaban J connectivity index is 2.75. The van der Waals surface area contributed by atoms with Crippen molar-refractivity contribution in [1.82, 2.24) is 5.32 Å². The summed E-state index contributed by atoms with van der Waals surface area (Å²) in [6, 6.07) is 2.54. The third-order valence-corrected chi connectivity index (χ3v) is 2.29. The zero-order valence-corrected chi connectivity index (χ0v) is 9.50. The van der Waals surface area contributed by atoms with Gasteiger partial charge in [-0.25, -0.2) is 8.78 Å². The maximum Gasteiger partial charge on any atom is 0.131 e. The molecule has 0 atom stereocenters.